The molecule has 0 fully saturated rings. The van der Waals surface area contributed by atoms with Crippen molar-refractivity contribution < 1.29 is 24.9 Å². The van der Waals surface area contributed by atoms with Crippen molar-refractivity contribution in [1.29, 1.82) is 0 Å². The lowest BCUT2D eigenvalue weighted by Gasteiger charge is -2.04. The van der Waals surface area contributed by atoms with E-state index in [1.807, 2.05) is 0 Å². The van der Waals surface area contributed by atoms with E-state index in [0.29, 0.717) is 0 Å². The minimum absolute atomic E-state index is 0.0833. The van der Waals surface area contributed by atoms with E-state index in [1.54, 1.807) is 20.8 Å². The van der Waals surface area contributed by atoms with Crippen LogP contribution in [0.1, 0.15) is 41.5 Å². The molecule has 0 aliphatic rings. The minimum Gasteiger partial charge on any atom is -0.478 e. The van der Waals surface area contributed by atoms with Crippen molar-refractivity contribution in [3.8, 4) is 0 Å². The van der Waals surface area contributed by atoms with Crippen molar-refractivity contribution in [2.75, 3.05) is 0 Å². The fourth-order valence-corrected chi connectivity index (χ4v) is 0.755. The number of carboxylic acids is 2. The zero-order valence-corrected chi connectivity index (χ0v) is 9.97. The van der Waals surface area contributed by atoms with Gasteiger partial charge < -0.3 is 15.3 Å². The van der Waals surface area contributed by atoms with Crippen LogP contribution >= 0.6 is 0 Å². The summed E-state index contributed by atoms with van der Waals surface area (Å²) in [4.78, 5) is 20.7. The molecule has 0 aliphatic heterocycles. The molecule has 0 saturated carbocycles. The Hall–Kier alpha value is -1.88. The first kappa shape index (κ1) is 15.1. The van der Waals surface area contributed by atoms with Crippen molar-refractivity contribution in [2.45, 2.75) is 26.4 Å². The molecule has 0 heterocycles. The number of aliphatic hydroxyl groups is 1. The Morgan fingerprint density at radius 1 is 0.882 bits per heavy atom. The smallest absolute Gasteiger partial charge is 0.335 e. The molecule has 1 aromatic rings. The van der Waals surface area contributed by atoms with Crippen LogP contribution in [0.5, 0.6) is 0 Å². The van der Waals surface area contributed by atoms with Gasteiger partial charge in [-0.2, -0.15) is 0 Å². The van der Waals surface area contributed by atoms with Crippen LogP contribution in [0.3, 0.4) is 0 Å². The van der Waals surface area contributed by atoms with Gasteiger partial charge in [0.25, 0.3) is 0 Å². The van der Waals surface area contributed by atoms with Crippen molar-refractivity contribution in [3.63, 3.8) is 0 Å². The lowest BCUT2D eigenvalue weighted by atomic mass is 10.1. The second kappa shape index (κ2) is 6.00. The fraction of sp³-hybridized carbons (Fsp3) is 0.333. The summed E-state index contributed by atoms with van der Waals surface area (Å²) in [5.74, 6) is -2.13. The Morgan fingerprint density at radius 3 is 1.18 bits per heavy atom. The van der Waals surface area contributed by atoms with E-state index in [4.69, 9.17) is 15.3 Å². The van der Waals surface area contributed by atoms with E-state index in [1.165, 1.54) is 24.3 Å². The summed E-state index contributed by atoms with van der Waals surface area (Å²) < 4.78 is 0. The van der Waals surface area contributed by atoms with Crippen molar-refractivity contribution >= 4 is 11.9 Å². The Labute approximate surface area is 99.3 Å². The average Bonchev–Trinajstić information content (AvgIpc) is 2.15. The number of benzene rings is 1. The van der Waals surface area contributed by atoms with Gasteiger partial charge in [-0.25, -0.2) is 9.59 Å². The average molecular weight is 240 g/mol. The maximum absolute atomic E-state index is 10.3. The van der Waals surface area contributed by atoms with Gasteiger partial charge in [0.1, 0.15) is 0 Å². The van der Waals surface area contributed by atoms with E-state index >= 15 is 0 Å². The molecule has 1 aromatic carbocycles. The summed E-state index contributed by atoms with van der Waals surface area (Å²) in [7, 11) is 0. The number of rotatable bonds is 2. The molecule has 0 radical (unpaired) electrons. The van der Waals surface area contributed by atoms with Gasteiger partial charge in [-0.05, 0) is 45.0 Å². The Kier molecular flexibility index (Phi) is 5.34. The molecular formula is C12H16O5. The topological polar surface area (TPSA) is 94.8 Å². The van der Waals surface area contributed by atoms with Gasteiger partial charge in [0.15, 0.2) is 0 Å². The number of hydrogen-bond donors (Lipinski definition) is 3. The number of carbonyl (C=O) groups is 2. The summed E-state index contributed by atoms with van der Waals surface area (Å²) in [5, 5.41) is 25.5. The molecule has 0 amide bonds. The molecule has 0 aromatic heterocycles. The SMILES string of the molecule is CC(C)(C)O.O=C(O)c1ccc(C(=O)O)cc1. The Balaban J connectivity index is 0.000000437. The summed E-state index contributed by atoms with van der Waals surface area (Å²) >= 11 is 0. The van der Waals surface area contributed by atoms with E-state index in [0.717, 1.165) is 0 Å². The lowest BCUT2D eigenvalue weighted by Crippen LogP contribution is -2.10. The summed E-state index contributed by atoms with van der Waals surface area (Å²) in [6, 6.07) is 5.02. The van der Waals surface area contributed by atoms with E-state index in [2.05, 4.69) is 0 Å². The monoisotopic (exact) mass is 240 g/mol. The van der Waals surface area contributed by atoms with Crippen LogP contribution in [0.25, 0.3) is 0 Å². The summed E-state index contributed by atoms with van der Waals surface area (Å²) in [5.41, 5.74) is -0.333. The highest BCUT2D eigenvalue weighted by atomic mass is 16.4. The minimum atomic E-state index is -1.06. The van der Waals surface area contributed by atoms with E-state index in [9.17, 15) is 9.59 Å². The quantitative estimate of drug-likeness (QED) is 0.733. The third kappa shape index (κ3) is 7.98. The van der Waals surface area contributed by atoms with Crippen molar-refractivity contribution in [2.24, 2.45) is 0 Å². The van der Waals surface area contributed by atoms with Crippen LogP contribution in [0.15, 0.2) is 24.3 Å². The standard InChI is InChI=1S/C8H6O4.C4H10O/c9-7(10)5-1-2-6(4-3-5)8(11)12;1-4(2,3)5/h1-4H,(H,9,10)(H,11,12);5H,1-3H3. The molecule has 17 heavy (non-hydrogen) atoms. The Bertz CT molecular complexity index is 347. The third-order valence-corrected chi connectivity index (χ3v) is 1.38. The first-order valence-corrected chi connectivity index (χ1v) is 4.90. The van der Waals surface area contributed by atoms with Gasteiger partial charge in [-0.3, -0.25) is 0 Å². The maximum atomic E-state index is 10.3. The van der Waals surface area contributed by atoms with E-state index in [-0.39, 0.29) is 11.1 Å². The summed E-state index contributed by atoms with van der Waals surface area (Å²) in [6.45, 7) is 5.23. The zero-order chi connectivity index (χ0) is 13.6. The van der Waals surface area contributed by atoms with Crippen LogP contribution in [-0.2, 0) is 0 Å². The molecule has 0 atom stereocenters. The lowest BCUT2D eigenvalue weighted by molar-refractivity contribution is 0.0681. The molecule has 5 nitrogen and oxygen atoms in total. The normalized spacial score (nSPS) is 10.1. The predicted octanol–water partition coefficient (Wildman–Crippen LogP) is 1.86. The molecule has 94 valence electrons. The van der Waals surface area contributed by atoms with Crippen LogP contribution in [0, 0.1) is 0 Å². The first-order chi connectivity index (χ1) is 7.61. The van der Waals surface area contributed by atoms with Crippen LogP contribution < -0.4 is 0 Å². The molecule has 0 bridgehead atoms. The van der Waals surface area contributed by atoms with Gasteiger partial charge in [0, 0.05) is 0 Å². The van der Waals surface area contributed by atoms with Crippen LogP contribution in [0.4, 0.5) is 0 Å². The fourth-order valence-electron chi connectivity index (χ4n) is 0.755. The van der Waals surface area contributed by atoms with Gasteiger partial charge in [0.2, 0.25) is 0 Å². The van der Waals surface area contributed by atoms with Crippen LogP contribution in [0.2, 0.25) is 0 Å². The predicted molar refractivity (Wildman–Crippen MR) is 62.3 cm³/mol. The van der Waals surface area contributed by atoms with Crippen LogP contribution in [-0.4, -0.2) is 32.9 Å². The highest BCUT2D eigenvalue weighted by Gasteiger charge is 2.04. The molecular weight excluding hydrogens is 224 g/mol. The molecule has 5 heteroatoms. The third-order valence-electron chi connectivity index (χ3n) is 1.38. The van der Waals surface area contributed by atoms with Crippen molar-refractivity contribution in [3.05, 3.63) is 35.4 Å². The van der Waals surface area contributed by atoms with E-state index < -0.39 is 17.5 Å². The number of hydrogen-bond acceptors (Lipinski definition) is 3. The van der Waals surface area contributed by atoms with Gasteiger partial charge >= 0.3 is 11.9 Å². The molecule has 0 spiro atoms. The van der Waals surface area contributed by atoms with Crippen molar-refractivity contribution in [1.82, 2.24) is 0 Å². The van der Waals surface area contributed by atoms with Gasteiger partial charge in [-0.15, -0.1) is 0 Å². The highest BCUT2D eigenvalue weighted by molar-refractivity contribution is 5.91. The maximum Gasteiger partial charge on any atom is 0.335 e. The molecule has 3 N–H and O–H groups in total. The Morgan fingerprint density at radius 2 is 1.06 bits per heavy atom. The first-order valence-electron chi connectivity index (χ1n) is 4.90. The summed E-state index contributed by atoms with van der Waals surface area (Å²) in [6.07, 6.45) is 0. The zero-order valence-electron chi connectivity index (χ0n) is 9.97. The molecule has 0 aliphatic carbocycles. The highest BCUT2D eigenvalue weighted by Crippen LogP contribution is 2.03. The largest absolute Gasteiger partial charge is 0.478 e. The van der Waals surface area contributed by atoms with Gasteiger partial charge in [-0.1, -0.05) is 0 Å². The number of aromatic carboxylic acids is 2. The number of carboxylic acid groups (broad SMARTS) is 2. The molecule has 0 saturated heterocycles. The second-order valence-electron chi connectivity index (χ2n) is 4.36. The molecule has 0 unspecified atom stereocenters. The molecule has 1 rings (SSSR count). The van der Waals surface area contributed by atoms with Gasteiger partial charge in [0.05, 0.1) is 16.7 Å². The second-order valence-corrected chi connectivity index (χ2v) is 4.36.